The molecule has 0 spiro atoms. The van der Waals surface area contributed by atoms with Crippen LogP contribution in [0, 0.1) is 0 Å². The first-order valence-corrected chi connectivity index (χ1v) is 6.65. The topological polar surface area (TPSA) is 76.9 Å². The molecule has 1 aromatic carbocycles. The summed E-state index contributed by atoms with van der Waals surface area (Å²) in [5.41, 5.74) is 11.6. The highest BCUT2D eigenvalue weighted by Gasteiger charge is 2.00. The van der Waals surface area contributed by atoms with Crippen LogP contribution in [-0.4, -0.2) is 37.1 Å². The van der Waals surface area contributed by atoms with Gasteiger partial charge in [-0.15, -0.1) is 0 Å². The van der Waals surface area contributed by atoms with E-state index in [-0.39, 0.29) is 5.96 Å². The number of benzene rings is 1. The first-order valence-electron chi connectivity index (χ1n) is 6.65. The third kappa shape index (κ3) is 6.10. The van der Waals surface area contributed by atoms with E-state index in [1.54, 1.807) is 0 Å². The van der Waals surface area contributed by atoms with Crippen molar-refractivity contribution in [2.45, 2.75) is 20.4 Å². The van der Waals surface area contributed by atoms with Crippen LogP contribution in [0.2, 0.25) is 0 Å². The maximum atomic E-state index is 5.69. The fourth-order valence-electron chi connectivity index (χ4n) is 1.71. The van der Waals surface area contributed by atoms with Crippen LogP contribution in [0.15, 0.2) is 29.3 Å². The van der Waals surface area contributed by atoms with Crippen molar-refractivity contribution < 1.29 is 4.74 Å². The lowest BCUT2D eigenvalue weighted by molar-refractivity contribution is 0.223. The predicted molar refractivity (Wildman–Crippen MR) is 79.2 cm³/mol. The summed E-state index contributed by atoms with van der Waals surface area (Å²) in [6, 6.07) is 7.83. The zero-order valence-corrected chi connectivity index (χ0v) is 11.8. The molecule has 4 N–H and O–H groups in total. The van der Waals surface area contributed by atoms with Gasteiger partial charge in [0.15, 0.2) is 5.96 Å². The highest BCUT2D eigenvalue weighted by Crippen LogP contribution is 2.12. The van der Waals surface area contributed by atoms with Crippen LogP contribution in [0.4, 0.5) is 0 Å². The van der Waals surface area contributed by atoms with Crippen LogP contribution in [-0.2, 0) is 6.54 Å². The third-order valence-corrected chi connectivity index (χ3v) is 2.94. The monoisotopic (exact) mass is 264 g/mol. The van der Waals surface area contributed by atoms with Gasteiger partial charge in [-0.05, 0) is 30.8 Å². The van der Waals surface area contributed by atoms with Crippen molar-refractivity contribution >= 4 is 5.96 Å². The zero-order chi connectivity index (χ0) is 14.1. The molecule has 19 heavy (non-hydrogen) atoms. The normalized spacial score (nSPS) is 10.5. The van der Waals surface area contributed by atoms with Crippen LogP contribution in [0.5, 0.6) is 5.75 Å². The van der Waals surface area contributed by atoms with E-state index in [9.17, 15) is 0 Å². The molecule has 0 heterocycles. The smallest absolute Gasteiger partial charge is 0.186 e. The number of hydrogen-bond donors (Lipinski definition) is 2. The van der Waals surface area contributed by atoms with Gasteiger partial charge >= 0.3 is 0 Å². The van der Waals surface area contributed by atoms with Gasteiger partial charge in [-0.3, -0.25) is 0 Å². The molecule has 0 saturated heterocycles. The molecule has 0 unspecified atom stereocenters. The Morgan fingerprint density at radius 1 is 1.16 bits per heavy atom. The molecule has 0 radical (unpaired) electrons. The average molecular weight is 264 g/mol. The van der Waals surface area contributed by atoms with E-state index >= 15 is 0 Å². The predicted octanol–water partition coefficient (Wildman–Crippen LogP) is 1.18. The lowest BCUT2D eigenvalue weighted by Crippen LogP contribution is -2.27. The molecule has 5 heteroatoms. The minimum atomic E-state index is 0.111. The Balaban J connectivity index is 2.38. The minimum Gasteiger partial charge on any atom is -0.492 e. The molecule has 0 bridgehead atoms. The summed E-state index contributed by atoms with van der Waals surface area (Å²) in [4.78, 5) is 6.28. The van der Waals surface area contributed by atoms with Crippen LogP contribution >= 0.6 is 0 Å². The number of likely N-dealkylation sites (N-methyl/N-ethyl adjacent to an activating group) is 1. The summed E-state index contributed by atoms with van der Waals surface area (Å²) in [7, 11) is 0. The largest absolute Gasteiger partial charge is 0.492 e. The Bertz CT molecular complexity index is 381. The fourth-order valence-corrected chi connectivity index (χ4v) is 1.71. The fraction of sp³-hybridized carbons (Fsp3) is 0.500. The van der Waals surface area contributed by atoms with Crippen LogP contribution in [0.25, 0.3) is 0 Å². The van der Waals surface area contributed by atoms with Crippen LogP contribution in [0.3, 0.4) is 0 Å². The molecular weight excluding hydrogens is 240 g/mol. The molecule has 1 aromatic rings. The number of rotatable bonds is 8. The van der Waals surface area contributed by atoms with Gasteiger partial charge < -0.3 is 21.1 Å². The Labute approximate surface area is 115 Å². The Hall–Kier alpha value is -1.75. The summed E-state index contributed by atoms with van der Waals surface area (Å²) in [5.74, 6) is 0.986. The molecule has 106 valence electrons. The van der Waals surface area contributed by atoms with E-state index < -0.39 is 0 Å². The maximum absolute atomic E-state index is 5.69. The second-order valence-electron chi connectivity index (χ2n) is 4.26. The third-order valence-electron chi connectivity index (χ3n) is 2.94. The number of ether oxygens (including phenoxy) is 1. The number of nitrogens with two attached hydrogens (primary N) is 2. The van der Waals surface area contributed by atoms with Gasteiger partial charge in [-0.25, -0.2) is 4.99 Å². The summed E-state index contributed by atoms with van der Waals surface area (Å²) < 4.78 is 5.69. The maximum Gasteiger partial charge on any atom is 0.186 e. The zero-order valence-electron chi connectivity index (χ0n) is 11.8. The van der Waals surface area contributed by atoms with Crippen molar-refractivity contribution in [2.24, 2.45) is 16.5 Å². The molecule has 0 fully saturated rings. The molecule has 0 aliphatic carbocycles. The van der Waals surface area contributed by atoms with Gasteiger partial charge in [-0.1, -0.05) is 26.0 Å². The van der Waals surface area contributed by atoms with Crippen molar-refractivity contribution in [1.29, 1.82) is 0 Å². The summed E-state index contributed by atoms with van der Waals surface area (Å²) in [5, 5.41) is 0. The lowest BCUT2D eigenvalue weighted by Gasteiger charge is -2.18. The van der Waals surface area contributed by atoms with Crippen molar-refractivity contribution in [1.82, 2.24) is 4.90 Å². The van der Waals surface area contributed by atoms with Gasteiger partial charge in [0.25, 0.3) is 0 Å². The quantitative estimate of drug-likeness (QED) is 0.546. The number of guanidine groups is 1. The van der Waals surface area contributed by atoms with E-state index in [0.717, 1.165) is 30.9 Å². The van der Waals surface area contributed by atoms with Crippen LogP contribution in [0.1, 0.15) is 19.4 Å². The average Bonchev–Trinajstić information content (AvgIpc) is 2.42. The van der Waals surface area contributed by atoms with Crippen molar-refractivity contribution in [3.05, 3.63) is 29.8 Å². The molecule has 0 saturated carbocycles. The van der Waals surface area contributed by atoms with E-state index in [0.29, 0.717) is 13.2 Å². The molecule has 0 atom stereocenters. The molecule has 0 aliphatic heterocycles. The summed E-state index contributed by atoms with van der Waals surface area (Å²) in [6.45, 7) is 8.57. The van der Waals surface area contributed by atoms with E-state index in [4.69, 9.17) is 16.2 Å². The highest BCUT2D eigenvalue weighted by atomic mass is 16.5. The van der Waals surface area contributed by atoms with Crippen molar-refractivity contribution in [3.8, 4) is 5.75 Å². The molecular formula is C14H24N4O. The van der Waals surface area contributed by atoms with Gasteiger partial charge in [0.05, 0.1) is 6.54 Å². The van der Waals surface area contributed by atoms with Gasteiger partial charge in [0.2, 0.25) is 0 Å². The summed E-state index contributed by atoms with van der Waals surface area (Å²) >= 11 is 0. The standard InChI is InChI=1S/C14H24N4O/c1-3-18(4-2)9-10-19-13-7-5-12(6-8-13)11-17-14(15)16/h5-8H,3-4,9-11H2,1-2H3,(H4,15,16,17). The van der Waals surface area contributed by atoms with Gasteiger partial charge in [0.1, 0.15) is 12.4 Å². The Morgan fingerprint density at radius 2 is 1.79 bits per heavy atom. The van der Waals surface area contributed by atoms with Crippen LogP contribution < -0.4 is 16.2 Å². The number of hydrogen-bond acceptors (Lipinski definition) is 3. The molecule has 5 nitrogen and oxygen atoms in total. The molecule has 0 aliphatic rings. The second kappa shape index (κ2) is 8.37. The van der Waals surface area contributed by atoms with E-state index in [1.807, 2.05) is 24.3 Å². The SMILES string of the molecule is CCN(CC)CCOc1ccc(CN=C(N)N)cc1. The van der Waals surface area contributed by atoms with E-state index in [1.165, 1.54) is 0 Å². The number of aliphatic imine (C=N–C) groups is 1. The molecule has 1 rings (SSSR count). The highest BCUT2D eigenvalue weighted by molar-refractivity contribution is 5.75. The second-order valence-corrected chi connectivity index (χ2v) is 4.26. The minimum absolute atomic E-state index is 0.111. The summed E-state index contributed by atoms with van der Waals surface area (Å²) in [6.07, 6.45) is 0. The first-order chi connectivity index (χ1) is 9.15. The molecule has 0 aromatic heterocycles. The first kappa shape index (κ1) is 15.3. The van der Waals surface area contributed by atoms with E-state index in [2.05, 4.69) is 23.7 Å². The van der Waals surface area contributed by atoms with Gasteiger partial charge in [0, 0.05) is 6.54 Å². The number of nitrogens with zero attached hydrogens (tertiary/aromatic N) is 2. The molecule has 0 amide bonds. The Kier molecular flexibility index (Phi) is 6.74. The van der Waals surface area contributed by atoms with Crippen molar-refractivity contribution in [3.63, 3.8) is 0 Å². The Morgan fingerprint density at radius 3 is 2.32 bits per heavy atom. The van der Waals surface area contributed by atoms with Gasteiger partial charge in [-0.2, -0.15) is 0 Å². The van der Waals surface area contributed by atoms with Crippen molar-refractivity contribution in [2.75, 3.05) is 26.2 Å². The lowest BCUT2D eigenvalue weighted by atomic mass is 10.2.